The molecular formula is C20H28FN5. The first-order valence-corrected chi connectivity index (χ1v) is 9.10. The number of halogens is 1. The Morgan fingerprint density at radius 1 is 1.23 bits per heavy atom. The Kier molecular flexibility index (Phi) is 5.53. The van der Waals surface area contributed by atoms with Crippen molar-refractivity contribution in [1.29, 1.82) is 0 Å². The molecular weight excluding hydrogens is 329 g/mol. The molecule has 0 aliphatic carbocycles. The fourth-order valence-corrected chi connectivity index (χ4v) is 3.33. The van der Waals surface area contributed by atoms with Gasteiger partial charge >= 0.3 is 0 Å². The summed E-state index contributed by atoms with van der Waals surface area (Å²) in [7, 11) is 2.15. The summed E-state index contributed by atoms with van der Waals surface area (Å²) in [6.07, 6.45) is 3.37. The Bertz CT molecular complexity index is 734. The van der Waals surface area contributed by atoms with Gasteiger partial charge in [-0.15, -0.1) is 0 Å². The maximum Gasteiger partial charge on any atom is 0.223 e. The number of nitrogens with one attached hydrogen (secondary N) is 1. The molecule has 0 amide bonds. The first-order chi connectivity index (χ1) is 12.3. The number of benzene rings is 1. The van der Waals surface area contributed by atoms with Crippen molar-refractivity contribution >= 4 is 5.95 Å². The van der Waals surface area contributed by atoms with E-state index in [-0.39, 0.29) is 17.4 Å². The molecule has 6 heteroatoms. The third-order valence-corrected chi connectivity index (χ3v) is 5.28. The Morgan fingerprint density at radius 3 is 2.62 bits per heavy atom. The summed E-state index contributed by atoms with van der Waals surface area (Å²) in [6, 6.07) is 7.21. The van der Waals surface area contributed by atoms with E-state index in [4.69, 9.17) is 0 Å². The fourth-order valence-electron chi connectivity index (χ4n) is 3.33. The lowest BCUT2D eigenvalue weighted by atomic mass is 9.99. The highest BCUT2D eigenvalue weighted by molar-refractivity contribution is 5.33. The van der Waals surface area contributed by atoms with Gasteiger partial charge in [0, 0.05) is 49.7 Å². The number of hydrogen-bond donors (Lipinski definition) is 1. The van der Waals surface area contributed by atoms with Gasteiger partial charge in [0.2, 0.25) is 5.95 Å². The van der Waals surface area contributed by atoms with Gasteiger partial charge in [-0.3, -0.25) is 9.80 Å². The molecule has 1 fully saturated rings. The van der Waals surface area contributed by atoms with Crippen molar-refractivity contribution in [1.82, 2.24) is 19.8 Å². The number of nitrogens with zero attached hydrogens (tertiary/aromatic N) is 4. The Morgan fingerprint density at radius 2 is 1.96 bits per heavy atom. The van der Waals surface area contributed by atoms with Crippen LogP contribution in [0.5, 0.6) is 0 Å². The van der Waals surface area contributed by atoms with Crippen molar-refractivity contribution < 1.29 is 4.39 Å². The fraction of sp³-hybridized carbons (Fsp3) is 0.500. The highest BCUT2D eigenvalue weighted by Crippen LogP contribution is 2.23. The molecule has 1 atom stereocenters. The van der Waals surface area contributed by atoms with Crippen molar-refractivity contribution in [2.45, 2.75) is 38.9 Å². The zero-order chi connectivity index (χ0) is 18.7. The van der Waals surface area contributed by atoms with Gasteiger partial charge in [0.05, 0.1) is 6.04 Å². The minimum absolute atomic E-state index is 0.0662. The van der Waals surface area contributed by atoms with Crippen LogP contribution < -0.4 is 5.32 Å². The van der Waals surface area contributed by atoms with Gasteiger partial charge in [-0.1, -0.05) is 12.1 Å². The van der Waals surface area contributed by atoms with Crippen molar-refractivity contribution in [2.75, 3.05) is 32.0 Å². The number of aromatic nitrogens is 2. The minimum atomic E-state index is -0.151. The highest BCUT2D eigenvalue weighted by Gasteiger charge is 2.31. The third kappa shape index (κ3) is 4.37. The van der Waals surface area contributed by atoms with Crippen LogP contribution >= 0.6 is 0 Å². The molecule has 1 aromatic heterocycles. The smallest absolute Gasteiger partial charge is 0.223 e. The number of rotatable bonds is 5. The van der Waals surface area contributed by atoms with Gasteiger partial charge in [-0.25, -0.2) is 14.4 Å². The maximum atomic E-state index is 14.7. The minimum Gasteiger partial charge on any atom is -0.348 e. The predicted octanol–water partition coefficient (Wildman–Crippen LogP) is 3.31. The third-order valence-electron chi connectivity index (χ3n) is 5.28. The summed E-state index contributed by atoms with van der Waals surface area (Å²) in [4.78, 5) is 13.0. The van der Waals surface area contributed by atoms with E-state index in [2.05, 4.69) is 46.0 Å². The molecule has 140 valence electrons. The summed E-state index contributed by atoms with van der Waals surface area (Å²) >= 11 is 0. The van der Waals surface area contributed by atoms with Crippen molar-refractivity contribution in [3.63, 3.8) is 0 Å². The molecule has 0 spiro atoms. The summed E-state index contributed by atoms with van der Waals surface area (Å²) < 4.78 is 14.7. The molecule has 0 unspecified atom stereocenters. The van der Waals surface area contributed by atoms with Gasteiger partial charge in [0.1, 0.15) is 5.82 Å². The standard InChI is InChI=1S/C20H28FN5/c1-15(24-19-22-8-5-9-23-19)16-6-7-17(18(21)12-16)13-26-11-10-25(4)20(2,3)14-26/h5-9,12,15H,10-11,13-14H2,1-4H3,(H,22,23,24)/t15-/m0/s1. The van der Waals surface area contributed by atoms with Gasteiger partial charge in [0.25, 0.3) is 0 Å². The van der Waals surface area contributed by atoms with Crippen molar-refractivity contribution in [3.05, 3.63) is 53.6 Å². The molecule has 0 radical (unpaired) electrons. The average molecular weight is 357 g/mol. The Balaban J connectivity index is 1.66. The molecule has 3 rings (SSSR count). The molecule has 1 aliphatic heterocycles. The molecule has 1 saturated heterocycles. The first-order valence-electron chi connectivity index (χ1n) is 9.10. The zero-order valence-electron chi connectivity index (χ0n) is 16.0. The van der Waals surface area contributed by atoms with Crippen LogP contribution in [-0.4, -0.2) is 52.0 Å². The lowest BCUT2D eigenvalue weighted by molar-refractivity contribution is 0.0355. The molecule has 5 nitrogen and oxygen atoms in total. The normalized spacial score (nSPS) is 19.3. The van der Waals surface area contributed by atoms with Crippen molar-refractivity contribution in [2.24, 2.45) is 0 Å². The van der Waals surface area contributed by atoms with Gasteiger partial charge < -0.3 is 5.32 Å². The Labute approximate surface area is 155 Å². The lowest BCUT2D eigenvalue weighted by Crippen LogP contribution is -2.57. The van der Waals surface area contributed by atoms with E-state index >= 15 is 0 Å². The van der Waals surface area contributed by atoms with Crippen LogP contribution in [0.4, 0.5) is 10.3 Å². The summed E-state index contributed by atoms with van der Waals surface area (Å²) in [5, 5.41) is 3.20. The summed E-state index contributed by atoms with van der Waals surface area (Å²) in [5.41, 5.74) is 1.75. The second kappa shape index (κ2) is 7.68. The number of hydrogen-bond acceptors (Lipinski definition) is 5. The molecule has 0 bridgehead atoms. The van der Waals surface area contributed by atoms with Crippen LogP contribution in [0.1, 0.15) is 37.9 Å². The second-order valence-corrected chi connectivity index (χ2v) is 7.73. The van der Waals surface area contributed by atoms with Crippen LogP contribution in [-0.2, 0) is 6.54 Å². The Hall–Kier alpha value is -2.05. The van der Waals surface area contributed by atoms with Gasteiger partial charge in [0.15, 0.2) is 0 Å². The van der Waals surface area contributed by atoms with E-state index < -0.39 is 0 Å². The van der Waals surface area contributed by atoms with Crippen LogP contribution in [0.2, 0.25) is 0 Å². The van der Waals surface area contributed by atoms with Crippen LogP contribution in [0.15, 0.2) is 36.7 Å². The number of piperazine rings is 1. The maximum absolute atomic E-state index is 14.7. The molecule has 2 heterocycles. The lowest BCUT2D eigenvalue weighted by Gasteiger charge is -2.45. The monoisotopic (exact) mass is 357 g/mol. The quantitative estimate of drug-likeness (QED) is 0.889. The highest BCUT2D eigenvalue weighted by atomic mass is 19.1. The van der Waals surface area contributed by atoms with E-state index in [9.17, 15) is 4.39 Å². The van der Waals surface area contributed by atoms with Crippen LogP contribution in [0, 0.1) is 5.82 Å². The van der Waals surface area contributed by atoms with Crippen LogP contribution in [0.25, 0.3) is 0 Å². The first kappa shape index (κ1) is 18.7. The van der Waals surface area contributed by atoms with E-state index in [1.165, 1.54) is 0 Å². The number of anilines is 1. The summed E-state index contributed by atoms with van der Waals surface area (Å²) in [5.74, 6) is 0.394. The van der Waals surface area contributed by atoms with E-state index in [1.54, 1.807) is 24.5 Å². The molecule has 26 heavy (non-hydrogen) atoms. The molecule has 0 saturated carbocycles. The topological polar surface area (TPSA) is 44.3 Å². The van der Waals surface area contributed by atoms with E-state index in [1.807, 2.05) is 19.1 Å². The SMILES string of the molecule is C[C@H](Nc1ncccn1)c1ccc(CN2CCN(C)C(C)(C)C2)c(F)c1. The zero-order valence-corrected chi connectivity index (χ0v) is 16.0. The molecule has 1 N–H and O–H groups in total. The molecule has 1 aliphatic rings. The van der Waals surface area contributed by atoms with E-state index in [0.29, 0.717) is 12.5 Å². The van der Waals surface area contributed by atoms with Gasteiger partial charge in [-0.2, -0.15) is 0 Å². The van der Waals surface area contributed by atoms with Gasteiger partial charge in [-0.05, 0) is 45.5 Å². The van der Waals surface area contributed by atoms with E-state index in [0.717, 1.165) is 30.8 Å². The van der Waals surface area contributed by atoms with Crippen molar-refractivity contribution in [3.8, 4) is 0 Å². The second-order valence-electron chi connectivity index (χ2n) is 7.73. The summed E-state index contributed by atoms with van der Waals surface area (Å²) in [6.45, 7) is 10.00. The number of likely N-dealkylation sites (N-methyl/N-ethyl adjacent to an activating group) is 1. The molecule has 1 aromatic carbocycles. The average Bonchev–Trinajstić information content (AvgIpc) is 2.60. The largest absolute Gasteiger partial charge is 0.348 e. The predicted molar refractivity (Wildman–Crippen MR) is 102 cm³/mol. The van der Waals surface area contributed by atoms with Crippen LogP contribution in [0.3, 0.4) is 0 Å². The molecule has 2 aromatic rings.